The Balaban J connectivity index is 3.57. The maximum Gasteiger partial charge on any atom is -0.00191 e. The lowest BCUT2D eigenvalue weighted by Crippen LogP contribution is -2.24. The van der Waals surface area contributed by atoms with E-state index in [4.69, 9.17) is 0 Å². The van der Waals surface area contributed by atoms with E-state index in [0.29, 0.717) is 0 Å². The summed E-state index contributed by atoms with van der Waals surface area (Å²) in [5.41, 5.74) is 0. The second-order valence-corrected chi connectivity index (χ2v) is 4.86. The van der Waals surface area contributed by atoms with Gasteiger partial charge in [0.2, 0.25) is 0 Å². The predicted molar refractivity (Wildman–Crippen MR) is 65.6 cm³/mol. The van der Waals surface area contributed by atoms with Crippen LogP contribution in [-0.2, 0) is 0 Å². The number of rotatable bonds is 8. The highest BCUT2D eigenvalue weighted by atomic mass is 15.1. The first kappa shape index (κ1) is 14.0. The highest BCUT2D eigenvalue weighted by molar-refractivity contribution is 4.63. The van der Waals surface area contributed by atoms with Crippen LogP contribution in [0.15, 0.2) is 0 Å². The zero-order valence-electron chi connectivity index (χ0n) is 10.8. The monoisotopic (exact) mass is 199 g/mol. The third-order valence-corrected chi connectivity index (χ3v) is 3.24. The zero-order chi connectivity index (χ0) is 11.0. The molecule has 14 heavy (non-hydrogen) atoms. The van der Waals surface area contributed by atoms with Crippen LogP contribution in [0.4, 0.5) is 0 Å². The molecule has 0 aliphatic rings. The van der Waals surface area contributed by atoms with Gasteiger partial charge in [0.1, 0.15) is 0 Å². The van der Waals surface area contributed by atoms with Gasteiger partial charge in [0.25, 0.3) is 0 Å². The van der Waals surface area contributed by atoms with E-state index in [9.17, 15) is 0 Å². The molecule has 0 saturated heterocycles. The Labute approximate surface area is 90.9 Å². The Morgan fingerprint density at radius 2 is 1.71 bits per heavy atom. The molecular formula is C13H29N. The van der Waals surface area contributed by atoms with E-state index in [-0.39, 0.29) is 0 Å². The fourth-order valence-electron chi connectivity index (χ4n) is 1.93. The van der Waals surface area contributed by atoms with Crippen LogP contribution in [0.25, 0.3) is 0 Å². The van der Waals surface area contributed by atoms with Crippen molar-refractivity contribution >= 4 is 0 Å². The van der Waals surface area contributed by atoms with Crippen LogP contribution in [0.2, 0.25) is 0 Å². The van der Waals surface area contributed by atoms with Crippen LogP contribution in [0.3, 0.4) is 0 Å². The first-order valence-electron chi connectivity index (χ1n) is 6.30. The Morgan fingerprint density at radius 3 is 2.14 bits per heavy atom. The lowest BCUT2D eigenvalue weighted by Gasteiger charge is -2.23. The quantitative estimate of drug-likeness (QED) is 0.575. The smallest absolute Gasteiger partial charge is 0.00191 e. The summed E-state index contributed by atoms with van der Waals surface area (Å²) in [6.07, 6.45) is 5.36. The third-order valence-electron chi connectivity index (χ3n) is 3.24. The van der Waals surface area contributed by atoms with Gasteiger partial charge in [-0.1, -0.05) is 40.5 Å². The van der Waals surface area contributed by atoms with Crippen molar-refractivity contribution < 1.29 is 0 Å². The Kier molecular flexibility index (Phi) is 8.26. The second kappa shape index (κ2) is 8.28. The summed E-state index contributed by atoms with van der Waals surface area (Å²) < 4.78 is 0. The van der Waals surface area contributed by atoms with Gasteiger partial charge in [0, 0.05) is 0 Å². The normalized spacial score (nSPS) is 13.9. The summed E-state index contributed by atoms with van der Waals surface area (Å²) in [5.74, 6) is 1.76. The summed E-state index contributed by atoms with van der Waals surface area (Å²) in [6, 6.07) is 0. The first-order valence-corrected chi connectivity index (χ1v) is 6.30. The minimum atomic E-state index is 0.847. The van der Waals surface area contributed by atoms with E-state index in [0.717, 1.165) is 11.8 Å². The molecule has 0 aromatic carbocycles. The van der Waals surface area contributed by atoms with Crippen molar-refractivity contribution in [1.29, 1.82) is 0 Å². The molecule has 0 bridgehead atoms. The number of hydrogen-bond acceptors (Lipinski definition) is 1. The Morgan fingerprint density at radius 1 is 1.07 bits per heavy atom. The summed E-state index contributed by atoms with van der Waals surface area (Å²) in [4.78, 5) is 2.48. The SMILES string of the molecule is CCCCN(C)CCC(CC)C(C)C. The van der Waals surface area contributed by atoms with Crippen LogP contribution < -0.4 is 0 Å². The summed E-state index contributed by atoms with van der Waals surface area (Å²) in [7, 11) is 2.25. The summed E-state index contributed by atoms with van der Waals surface area (Å²) in [6.45, 7) is 11.8. The van der Waals surface area contributed by atoms with Crippen molar-refractivity contribution in [2.45, 2.75) is 53.4 Å². The fourth-order valence-corrected chi connectivity index (χ4v) is 1.93. The second-order valence-electron chi connectivity index (χ2n) is 4.86. The molecule has 1 heteroatoms. The molecule has 1 nitrogen and oxygen atoms in total. The molecule has 0 aromatic rings. The molecule has 0 fully saturated rings. The highest BCUT2D eigenvalue weighted by Gasteiger charge is 2.11. The molecule has 0 N–H and O–H groups in total. The molecule has 0 aliphatic carbocycles. The zero-order valence-corrected chi connectivity index (χ0v) is 10.8. The molecule has 0 aromatic heterocycles. The number of unbranched alkanes of at least 4 members (excludes halogenated alkanes) is 1. The largest absolute Gasteiger partial charge is 0.306 e. The van der Waals surface area contributed by atoms with Crippen molar-refractivity contribution in [2.75, 3.05) is 20.1 Å². The van der Waals surface area contributed by atoms with Gasteiger partial charge in [-0.3, -0.25) is 0 Å². The maximum atomic E-state index is 2.48. The molecule has 0 radical (unpaired) electrons. The van der Waals surface area contributed by atoms with Crippen molar-refractivity contribution in [3.63, 3.8) is 0 Å². The van der Waals surface area contributed by atoms with E-state index in [1.807, 2.05) is 0 Å². The molecule has 0 rings (SSSR count). The molecule has 0 spiro atoms. The first-order chi connectivity index (χ1) is 6.61. The molecular weight excluding hydrogens is 170 g/mol. The van der Waals surface area contributed by atoms with Crippen LogP contribution in [0.5, 0.6) is 0 Å². The lowest BCUT2D eigenvalue weighted by molar-refractivity contribution is 0.261. The van der Waals surface area contributed by atoms with Crippen molar-refractivity contribution in [3.05, 3.63) is 0 Å². The van der Waals surface area contributed by atoms with Gasteiger partial charge in [0.15, 0.2) is 0 Å². The van der Waals surface area contributed by atoms with Crippen LogP contribution in [-0.4, -0.2) is 25.0 Å². The van der Waals surface area contributed by atoms with Crippen molar-refractivity contribution in [1.82, 2.24) is 4.90 Å². The van der Waals surface area contributed by atoms with E-state index in [1.54, 1.807) is 0 Å². The lowest BCUT2D eigenvalue weighted by atomic mass is 9.90. The summed E-state index contributed by atoms with van der Waals surface area (Å²) in [5, 5.41) is 0. The van der Waals surface area contributed by atoms with Crippen molar-refractivity contribution in [3.8, 4) is 0 Å². The van der Waals surface area contributed by atoms with E-state index >= 15 is 0 Å². The van der Waals surface area contributed by atoms with Gasteiger partial charge in [-0.25, -0.2) is 0 Å². The number of nitrogens with zero attached hydrogens (tertiary/aromatic N) is 1. The van der Waals surface area contributed by atoms with E-state index in [1.165, 1.54) is 38.8 Å². The van der Waals surface area contributed by atoms with Crippen molar-refractivity contribution in [2.24, 2.45) is 11.8 Å². The van der Waals surface area contributed by atoms with Gasteiger partial charge < -0.3 is 4.90 Å². The molecule has 1 atom stereocenters. The van der Waals surface area contributed by atoms with Gasteiger partial charge in [-0.2, -0.15) is 0 Å². The van der Waals surface area contributed by atoms with Crippen LogP contribution in [0, 0.1) is 11.8 Å². The number of hydrogen-bond donors (Lipinski definition) is 0. The summed E-state index contributed by atoms with van der Waals surface area (Å²) >= 11 is 0. The van der Waals surface area contributed by atoms with E-state index in [2.05, 4.69) is 39.6 Å². The van der Waals surface area contributed by atoms with Gasteiger partial charge >= 0.3 is 0 Å². The van der Waals surface area contributed by atoms with E-state index < -0.39 is 0 Å². The molecule has 1 unspecified atom stereocenters. The van der Waals surface area contributed by atoms with Gasteiger partial charge in [-0.15, -0.1) is 0 Å². The minimum Gasteiger partial charge on any atom is -0.306 e. The molecule has 86 valence electrons. The fraction of sp³-hybridized carbons (Fsp3) is 1.00. The Bertz CT molecular complexity index is 120. The molecule has 0 saturated carbocycles. The van der Waals surface area contributed by atoms with Crippen LogP contribution in [0.1, 0.15) is 53.4 Å². The predicted octanol–water partition coefficient (Wildman–Crippen LogP) is 3.79. The highest BCUT2D eigenvalue weighted by Crippen LogP contribution is 2.18. The topological polar surface area (TPSA) is 3.24 Å². The molecule has 0 heterocycles. The third kappa shape index (κ3) is 6.42. The average molecular weight is 199 g/mol. The maximum absolute atomic E-state index is 2.48. The average Bonchev–Trinajstić information content (AvgIpc) is 2.15. The molecule has 0 aliphatic heterocycles. The standard InChI is InChI=1S/C13H29N/c1-6-8-10-14(5)11-9-13(7-2)12(3)4/h12-13H,6-11H2,1-5H3. The van der Waals surface area contributed by atoms with Gasteiger partial charge in [-0.05, 0) is 44.8 Å². The minimum absolute atomic E-state index is 0.847. The molecule has 0 amide bonds. The van der Waals surface area contributed by atoms with Gasteiger partial charge in [0.05, 0.1) is 0 Å². The van der Waals surface area contributed by atoms with Crippen LogP contribution >= 0.6 is 0 Å². The Hall–Kier alpha value is -0.0400.